The standard InChI is InChI=1S/C37H50F2N7O6P/c1-36(2,3)33(34(37(4,5)6)52-53(48,49)50)46(24-11-7-8-12-24)17-10-18-51-25-15-16-26-29(21-25)40-22-41-35(26)43-30-19-23(44-45-30)20-31(47)42-28-14-9-13-27(38)32(28)39/h9,13-16,19,21-22,24,33-34H,7-8,10-12,17-18,20H2,1-6H3,(H,42,47)(H2,48,49,50)(H2,40,41,43,44,45). The Kier molecular flexibility index (Phi) is 12.6. The number of halogens is 2. The van der Waals surface area contributed by atoms with Gasteiger partial charge in [0.05, 0.1) is 30.3 Å². The van der Waals surface area contributed by atoms with Crippen LogP contribution in [0.2, 0.25) is 0 Å². The lowest BCUT2D eigenvalue weighted by atomic mass is 9.73. The molecule has 1 saturated carbocycles. The van der Waals surface area contributed by atoms with Crippen LogP contribution in [0.1, 0.15) is 79.3 Å². The number of rotatable bonds is 15. The van der Waals surface area contributed by atoms with Crippen LogP contribution in [0, 0.1) is 22.5 Å². The Labute approximate surface area is 308 Å². The van der Waals surface area contributed by atoms with Crippen molar-refractivity contribution in [2.24, 2.45) is 10.8 Å². The van der Waals surface area contributed by atoms with Crippen LogP contribution >= 0.6 is 7.82 Å². The lowest BCUT2D eigenvalue weighted by Crippen LogP contribution is -2.59. The van der Waals surface area contributed by atoms with Crippen LogP contribution in [0.3, 0.4) is 0 Å². The number of nitrogens with one attached hydrogen (secondary N) is 3. The number of carbonyl (C=O) groups is 1. The largest absolute Gasteiger partial charge is 0.493 e. The summed E-state index contributed by atoms with van der Waals surface area (Å²) >= 11 is 0. The van der Waals surface area contributed by atoms with E-state index < -0.39 is 36.9 Å². The van der Waals surface area contributed by atoms with Gasteiger partial charge in [0.25, 0.3) is 0 Å². The third-order valence-corrected chi connectivity index (χ3v) is 9.82. The van der Waals surface area contributed by atoms with Crippen molar-refractivity contribution in [3.63, 3.8) is 0 Å². The first-order valence-corrected chi connectivity index (χ1v) is 19.3. The summed E-state index contributed by atoms with van der Waals surface area (Å²) in [6.07, 6.45) is 5.51. The molecule has 2 aromatic carbocycles. The van der Waals surface area contributed by atoms with E-state index in [1.54, 1.807) is 6.07 Å². The SMILES string of the molecule is CC(C)(C)C(OP(=O)(O)O)C(N(CCCOc1ccc2c(Nc3cc(CC(=O)Nc4cccc(F)c4F)[nH]n3)ncnc2c1)C1CCCC1)C(C)(C)C. The maximum atomic E-state index is 14.0. The first-order valence-electron chi connectivity index (χ1n) is 17.8. The van der Waals surface area contributed by atoms with Crippen LogP contribution in [0.4, 0.5) is 26.1 Å². The van der Waals surface area contributed by atoms with E-state index in [1.165, 1.54) is 18.5 Å². The highest BCUT2D eigenvalue weighted by Crippen LogP contribution is 2.48. The van der Waals surface area contributed by atoms with Gasteiger partial charge >= 0.3 is 7.82 Å². The second-order valence-corrected chi connectivity index (χ2v) is 16.9. The lowest BCUT2D eigenvalue weighted by molar-refractivity contribution is -0.115. The van der Waals surface area contributed by atoms with Crippen molar-refractivity contribution < 1.29 is 37.2 Å². The van der Waals surface area contributed by atoms with E-state index in [2.05, 4.69) is 56.5 Å². The molecule has 5 rings (SSSR count). The van der Waals surface area contributed by atoms with E-state index >= 15 is 0 Å². The maximum absolute atomic E-state index is 14.0. The van der Waals surface area contributed by atoms with Crippen LogP contribution in [-0.2, 0) is 20.3 Å². The Morgan fingerprint density at radius 1 is 1.06 bits per heavy atom. The fourth-order valence-corrected chi connectivity index (χ4v) is 7.74. The minimum atomic E-state index is -4.75. The van der Waals surface area contributed by atoms with Gasteiger partial charge in [0.15, 0.2) is 17.5 Å². The molecule has 1 aliphatic carbocycles. The number of phosphoric acid groups is 1. The fourth-order valence-electron chi connectivity index (χ4n) is 7.02. The number of nitrogens with zero attached hydrogens (tertiary/aromatic N) is 4. The molecule has 4 aromatic rings. The number of H-pyrrole nitrogens is 1. The molecule has 0 bridgehead atoms. The number of hydrogen-bond donors (Lipinski definition) is 5. The van der Waals surface area contributed by atoms with Gasteiger partial charge in [-0.15, -0.1) is 0 Å². The van der Waals surface area contributed by atoms with Crippen molar-refractivity contribution in [3.8, 4) is 5.75 Å². The van der Waals surface area contributed by atoms with Gasteiger partial charge in [0, 0.05) is 41.8 Å². The number of hydrogen-bond acceptors (Lipinski definition) is 9. The number of aromatic amines is 1. The highest BCUT2D eigenvalue weighted by molar-refractivity contribution is 7.46. The topological polar surface area (TPSA) is 175 Å². The minimum absolute atomic E-state index is 0.149. The first kappa shape index (κ1) is 40.2. The molecular weight excluding hydrogens is 707 g/mol. The average Bonchev–Trinajstić information content (AvgIpc) is 3.75. The summed E-state index contributed by atoms with van der Waals surface area (Å²) in [6, 6.07) is 10.7. The number of ether oxygens (including phenoxy) is 1. The monoisotopic (exact) mass is 757 g/mol. The fraction of sp³-hybridized carbons (Fsp3) is 0.514. The molecule has 16 heteroatoms. The number of amides is 1. The number of fused-ring (bicyclic) bond motifs is 1. The summed E-state index contributed by atoms with van der Waals surface area (Å²) in [4.78, 5) is 43.4. The Morgan fingerprint density at radius 3 is 2.47 bits per heavy atom. The molecule has 5 N–H and O–H groups in total. The third kappa shape index (κ3) is 10.8. The molecule has 2 atom stereocenters. The van der Waals surface area contributed by atoms with Gasteiger partial charge in [-0.3, -0.25) is 19.3 Å². The van der Waals surface area contributed by atoms with E-state index in [1.807, 2.05) is 39.0 Å². The molecule has 0 radical (unpaired) electrons. The van der Waals surface area contributed by atoms with Crippen molar-refractivity contribution in [1.29, 1.82) is 0 Å². The molecule has 288 valence electrons. The van der Waals surface area contributed by atoms with Crippen molar-refractivity contribution in [3.05, 3.63) is 66.1 Å². The van der Waals surface area contributed by atoms with Gasteiger partial charge in [-0.25, -0.2) is 23.3 Å². The zero-order chi connectivity index (χ0) is 38.6. The second-order valence-electron chi connectivity index (χ2n) is 15.7. The minimum Gasteiger partial charge on any atom is -0.493 e. The number of benzene rings is 2. The van der Waals surface area contributed by atoms with Crippen LogP contribution in [0.15, 0.2) is 48.8 Å². The van der Waals surface area contributed by atoms with Gasteiger partial charge < -0.3 is 25.2 Å². The molecule has 53 heavy (non-hydrogen) atoms. The highest BCUT2D eigenvalue weighted by atomic mass is 31.2. The Balaban J connectivity index is 1.22. The molecule has 13 nitrogen and oxygen atoms in total. The average molecular weight is 758 g/mol. The normalized spacial score (nSPS) is 15.5. The number of anilines is 3. The summed E-state index contributed by atoms with van der Waals surface area (Å²) in [5, 5.41) is 13.2. The van der Waals surface area contributed by atoms with Gasteiger partial charge in [0.1, 0.15) is 17.9 Å². The zero-order valence-electron chi connectivity index (χ0n) is 31.0. The number of aromatic nitrogens is 4. The lowest BCUT2D eigenvalue weighted by Gasteiger charge is -2.50. The molecular formula is C37H50F2N7O6P. The number of carbonyl (C=O) groups excluding carboxylic acids is 1. The molecule has 0 spiro atoms. The third-order valence-electron chi connectivity index (χ3n) is 9.32. The Hall–Kier alpha value is -4.01. The van der Waals surface area contributed by atoms with Crippen molar-refractivity contribution >= 4 is 42.0 Å². The molecule has 2 unspecified atom stereocenters. The predicted octanol–water partition coefficient (Wildman–Crippen LogP) is 7.51. The van der Waals surface area contributed by atoms with Crippen LogP contribution < -0.4 is 15.4 Å². The van der Waals surface area contributed by atoms with Crippen LogP contribution in [0.25, 0.3) is 10.9 Å². The molecule has 2 heterocycles. The van der Waals surface area contributed by atoms with E-state index in [4.69, 9.17) is 9.26 Å². The van der Waals surface area contributed by atoms with Crippen molar-refractivity contribution in [2.45, 2.75) is 98.3 Å². The first-order chi connectivity index (χ1) is 24.9. The summed E-state index contributed by atoms with van der Waals surface area (Å²) in [5.41, 5.74) is -0.0351. The zero-order valence-corrected chi connectivity index (χ0v) is 31.9. The van der Waals surface area contributed by atoms with Gasteiger partial charge in [-0.05, 0) is 54.4 Å². The number of phosphoric ester groups is 1. The van der Waals surface area contributed by atoms with Gasteiger partial charge in [-0.1, -0.05) is 60.5 Å². The smallest absolute Gasteiger partial charge is 0.469 e. The summed E-state index contributed by atoms with van der Waals surface area (Å²) in [6.45, 7) is 13.3. The summed E-state index contributed by atoms with van der Waals surface area (Å²) < 4.78 is 51.4. The highest BCUT2D eigenvalue weighted by Gasteiger charge is 2.47. The molecule has 1 aliphatic rings. The Bertz CT molecular complexity index is 1920. The maximum Gasteiger partial charge on any atom is 0.469 e. The van der Waals surface area contributed by atoms with Gasteiger partial charge in [-0.2, -0.15) is 5.10 Å². The van der Waals surface area contributed by atoms with Crippen molar-refractivity contribution in [2.75, 3.05) is 23.8 Å². The summed E-state index contributed by atoms with van der Waals surface area (Å²) in [7, 11) is -4.75. The van der Waals surface area contributed by atoms with E-state index in [9.17, 15) is 27.9 Å². The molecule has 1 amide bonds. The van der Waals surface area contributed by atoms with E-state index in [0.717, 1.165) is 31.7 Å². The van der Waals surface area contributed by atoms with Gasteiger partial charge in [0.2, 0.25) is 5.91 Å². The second kappa shape index (κ2) is 16.6. The molecule has 2 aromatic heterocycles. The quantitative estimate of drug-likeness (QED) is 0.0600. The predicted molar refractivity (Wildman–Crippen MR) is 199 cm³/mol. The van der Waals surface area contributed by atoms with Crippen LogP contribution in [0.5, 0.6) is 5.75 Å². The van der Waals surface area contributed by atoms with E-state index in [-0.39, 0.29) is 29.6 Å². The summed E-state index contributed by atoms with van der Waals surface area (Å²) in [5.74, 6) is -1.23. The van der Waals surface area contributed by atoms with Crippen molar-refractivity contribution in [1.82, 2.24) is 25.1 Å². The van der Waals surface area contributed by atoms with E-state index in [0.29, 0.717) is 53.6 Å². The molecule has 1 fully saturated rings. The van der Waals surface area contributed by atoms with Crippen LogP contribution in [-0.4, -0.2) is 72.1 Å². The Morgan fingerprint density at radius 2 is 1.79 bits per heavy atom. The molecule has 0 aliphatic heterocycles. The molecule has 0 saturated heterocycles.